The van der Waals surface area contributed by atoms with Crippen molar-refractivity contribution < 1.29 is 0 Å². The van der Waals surface area contributed by atoms with Gasteiger partial charge in [-0.3, -0.25) is 0 Å². The van der Waals surface area contributed by atoms with Gasteiger partial charge in [-0.25, -0.2) is 0 Å². The Balaban J connectivity index is 0. The first-order valence-corrected chi connectivity index (χ1v) is 10.5. The Morgan fingerprint density at radius 2 is 1.53 bits per heavy atom. The van der Waals surface area contributed by atoms with Gasteiger partial charge in [0.25, 0.3) is 0 Å². The van der Waals surface area contributed by atoms with Gasteiger partial charge in [0.05, 0.1) is 0 Å². The molecule has 2 N–H and O–H groups in total. The molecule has 0 aliphatic heterocycles. The van der Waals surface area contributed by atoms with Gasteiger partial charge in [0.1, 0.15) is 0 Å². The normalized spacial score (nSPS) is 8.12. The van der Waals surface area contributed by atoms with Crippen LogP contribution in [0.15, 0.2) is 24.3 Å². The third-order valence-corrected chi connectivity index (χ3v) is 5.09. The van der Waals surface area contributed by atoms with Crippen LogP contribution >= 0.6 is 0 Å². The number of rotatable bonds is 3. The van der Waals surface area contributed by atoms with Gasteiger partial charge in [-0.2, -0.15) is 11.5 Å². The number of nitrogens with two attached hydrogens (primary N) is 1. The second-order valence-corrected chi connectivity index (χ2v) is 8.69. The number of hydrogen-bond donors (Lipinski definition) is 1. The molecule has 0 saturated heterocycles. The molecule has 0 bridgehead atoms. The van der Waals surface area contributed by atoms with Crippen molar-refractivity contribution in [2.75, 3.05) is 11.5 Å². The van der Waals surface area contributed by atoms with E-state index in [1.165, 1.54) is 10.0 Å². The van der Waals surface area contributed by atoms with Crippen LogP contribution < -0.4 is 9.31 Å². The van der Waals surface area contributed by atoms with Crippen LogP contribution in [0, 0.1) is 0 Å². The fraction of sp³-hybridized carbons (Fsp3) is 0.538. The van der Waals surface area contributed by atoms with Crippen LogP contribution in [0.3, 0.4) is 0 Å². The maximum atomic E-state index is 5.61. The summed E-state index contributed by atoms with van der Waals surface area (Å²) < 4.78 is 2.93. The number of benzene rings is 1. The summed E-state index contributed by atoms with van der Waals surface area (Å²) in [6.07, 6.45) is 0. The van der Waals surface area contributed by atoms with Gasteiger partial charge in [-0.15, -0.1) is 0 Å². The molecule has 0 fully saturated rings. The predicted molar refractivity (Wildman–Crippen MR) is 86.0 cm³/mol. The van der Waals surface area contributed by atoms with Crippen LogP contribution in [0.25, 0.3) is 0 Å². The molecule has 17 heavy (non-hydrogen) atoms. The SMILES string of the molecule is CC[S-].CC[S-].C[CH2][Sn+2][c]1ccccc1CN. The summed E-state index contributed by atoms with van der Waals surface area (Å²) in [4.78, 5) is 0. The van der Waals surface area contributed by atoms with Gasteiger partial charge in [0, 0.05) is 0 Å². The van der Waals surface area contributed by atoms with E-state index in [2.05, 4.69) is 56.4 Å². The summed E-state index contributed by atoms with van der Waals surface area (Å²) in [5.41, 5.74) is 6.97. The van der Waals surface area contributed by atoms with Crippen LogP contribution in [-0.4, -0.2) is 32.6 Å². The number of hydrogen-bond acceptors (Lipinski definition) is 3. The van der Waals surface area contributed by atoms with Gasteiger partial charge >= 0.3 is 78.2 Å². The van der Waals surface area contributed by atoms with Crippen molar-refractivity contribution in [2.24, 2.45) is 5.73 Å². The van der Waals surface area contributed by atoms with Crippen LogP contribution in [0.5, 0.6) is 0 Å². The fourth-order valence-corrected chi connectivity index (χ4v) is 3.94. The van der Waals surface area contributed by atoms with Crippen LogP contribution in [0.1, 0.15) is 26.3 Å². The fourth-order valence-electron chi connectivity index (χ4n) is 1.06. The summed E-state index contributed by atoms with van der Waals surface area (Å²) in [7, 11) is 0. The monoisotopic (exact) mass is 377 g/mol. The maximum absolute atomic E-state index is 5.61. The molecular weight excluding hydrogens is 353 g/mol. The van der Waals surface area contributed by atoms with Crippen molar-refractivity contribution in [1.82, 2.24) is 0 Å². The zero-order valence-electron chi connectivity index (χ0n) is 11.0. The molecule has 0 aliphatic carbocycles. The van der Waals surface area contributed by atoms with Gasteiger partial charge in [-0.1, -0.05) is 13.8 Å². The Bertz CT molecular complexity index is 255. The average Bonchev–Trinajstić information content (AvgIpc) is 2.32. The molecule has 0 radical (unpaired) electrons. The first kappa shape index (κ1) is 20.0. The third kappa shape index (κ3) is 12.9. The molecule has 0 aliphatic rings. The zero-order chi connectivity index (χ0) is 13.5. The molecule has 0 atom stereocenters. The van der Waals surface area contributed by atoms with E-state index in [-0.39, 0.29) is 21.1 Å². The molecule has 4 heteroatoms. The molecule has 1 nitrogen and oxygen atoms in total. The summed E-state index contributed by atoms with van der Waals surface area (Å²) in [6.45, 7) is 6.85. The molecule has 0 spiro atoms. The van der Waals surface area contributed by atoms with Gasteiger partial charge in [-0.05, 0) is 0 Å². The van der Waals surface area contributed by atoms with E-state index in [4.69, 9.17) is 5.73 Å². The van der Waals surface area contributed by atoms with E-state index in [0.29, 0.717) is 6.54 Å². The second kappa shape index (κ2) is 16.7. The average molecular weight is 376 g/mol. The van der Waals surface area contributed by atoms with Crippen molar-refractivity contribution in [1.29, 1.82) is 0 Å². The van der Waals surface area contributed by atoms with Crippen LogP contribution in [-0.2, 0) is 31.8 Å². The Kier molecular flexibility index (Phi) is 19.6. The quantitative estimate of drug-likeness (QED) is 0.646. The zero-order valence-corrected chi connectivity index (χ0v) is 15.5. The van der Waals surface area contributed by atoms with Gasteiger partial charge < -0.3 is 25.3 Å². The summed E-state index contributed by atoms with van der Waals surface area (Å²) in [5.74, 6) is 1.67. The molecule has 0 heterocycles. The third-order valence-electron chi connectivity index (χ3n) is 1.60. The minimum atomic E-state index is -0.282. The van der Waals surface area contributed by atoms with E-state index < -0.39 is 0 Å². The van der Waals surface area contributed by atoms with Crippen LogP contribution in [0.2, 0.25) is 4.44 Å². The first-order valence-electron chi connectivity index (χ1n) is 5.89. The van der Waals surface area contributed by atoms with Crippen molar-refractivity contribution >= 4 is 50.0 Å². The Morgan fingerprint density at radius 1 is 1.06 bits per heavy atom. The van der Waals surface area contributed by atoms with Crippen molar-refractivity contribution in [3.8, 4) is 0 Å². The Hall–Kier alpha value is 0.679. The second-order valence-electron chi connectivity index (χ2n) is 2.97. The van der Waals surface area contributed by atoms with E-state index in [1.54, 1.807) is 3.58 Å². The van der Waals surface area contributed by atoms with Crippen molar-refractivity contribution in [3.05, 3.63) is 29.8 Å². The first-order chi connectivity index (χ1) is 8.21. The molecular formula is C13H23NS2Sn. The molecule has 1 rings (SSSR count). The molecule has 0 aromatic heterocycles. The van der Waals surface area contributed by atoms with E-state index in [0.717, 1.165) is 11.5 Å². The Morgan fingerprint density at radius 3 is 1.94 bits per heavy atom. The topological polar surface area (TPSA) is 26.0 Å². The standard InChI is InChI=1S/C7H8N.2C2H6S.C2H5.Sn/c8-6-7-4-2-1-3-5-7;2*1-2-3;1-2;/h1-4H,6,8H2;2*3H,2H2,1H3;1H2,2H3;/q;;;;+2/p-2. The molecule has 0 saturated carbocycles. The van der Waals surface area contributed by atoms with E-state index in [1.807, 2.05) is 13.8 Å². The van der Waals surface area contributed by atoms with E-state index in [9.17, 15) is 0 Å². The van der Waals surface area contributed by atoms with Crippen LogP contribution in [0.4, 0.5) is 0 Å². The molecule has 0 unspecified atom stereocenters. The summed E-state index contributed by atoms with van der Waals surface area (Å²) >= 11 is 8.50. The summed E-state index contributed by atoms with van der Waals surface area (Å²) in [5, 5.41) is 0. The van der Waals surface area contributed by atoms with Gasteiger partial charge in [0.2, 0.25) is 0 Å². The molecule has 1 aromatic rings. The Labute approximate surface area is 128 Å². The molecule has 96 valence electrons. The summed E-state index contributed by atoms with van der Waals surface area (Å²) in [6, 6.07) is 8.56. The van der Waals surface area contributed by atoms with Gasteiger partial charge in [0.15, 0.2) is 0 Å². The van der Waals surface area contributed by atoms with Crippen molar-refractivity contribution in [2.45, 2.75) is 31.8 Å². The predicted octanol–water partition coefficient (Wildman–Crippen LogP) is 2.02. The van der Waals surface area contributed by atoms with E-state index >= 15 is 0 Å². The molecule has 1 aromatic carbocycles. The van der Waals surface area contributed by atoms with Crippen molar-refractivity contribution in [3.63, 3.8) is 0 Å². The molecule has 0 amide bonds. The minimum absolute atomic E-state index is 0.282.